The van der Waals surface area contributed by atoms with Gasteiger partial charge in [0.05, 0.1) is 18.4 Å². The number of nitrogens with one attached hydrogen (secondary N) is 2. The first-order chi connectivity index (χ1) is 11.1. The second-order valence-electron chi connectivity index (χ2n) is 5.93. The van der Waals surface area contributed by atoms with E-state index in [1.165, 1.54) is 18.5 Å². The molecule has 2 aromatic heterocycles. The number of nitrogens with zero attached hydrogens (tertiary/aromatic N) is 3. The van der Waals surface area contributed by atoms with Gasteiger partial charge in [-0.3, -0.25) is 0 Å². The summed E-state index contributed by atoms with van der Waals surface area (Å²) in [6.07, 6.45) is 4.16. The van der Waals surface area contributed by atoms with Crippen molar-refractivity contribution in [2.24, 2.45) is 7.05 Å². The summed E-state index contributed by atoms with van der Waals surface area (Å²) in [5.41, 5.74) is 2.94. The summed E-state index contributed by atoms with van der Waals surface area (Å²) in [5.74, 6) is 0.979. The van der Waals surface area contributed by atoms with Gasteiger partial charge in [0, 0.05) is 31.5 Å². The molecule has 0 unspecified atom stereocenters. The second-order valence-corrected chi connectivity index (χ2v) is 5.93. The zero-order valence-corrected chi connectivity index (χ0v) is 13.7. The largest absolute Gasteiger partial charge is 0.357 e. The summed E-state index contributed by atoms with van der Waals surface area (Å²) in [5, 5.41) is 5.68. The highest BCUT2D eigenvalue weighted by Crippen LogP contribution is 2.19. The quantitative estimate of drug-likeness (QED) is 0.912. The van der Waals surface area contributed by atoms with E-state index in [0.29, 0.717) is 12.2 Å². The van der Waals surface area contributed by atoms with E-state index in [0.717, 1.165) is 24.6 Å². The Kier molecular flexibility index (Phi) is 4.50. The maximum Gasteiger partial charge on any atom is 0.319 e. The van der Waals surface area contributed by atoms with E-state index in [9.17, 15) is 4.79 Å². The van der Waals surface area contributed by atoms with Crippen molar-refractivity contribution in [3.63, 3.8) is 0 Å². The number of rotatable bonds is 4. The zero-order chi connectivity index (χ0) is 16.2. The van der Waals surface area contributed by atoms with Crippen molar-refractivity contribution in [2.75, 3.05) is 23.3 Å². The molecule has 23 heavy (non-hydrogen) atoms. The van der Waals surface area contributed by atoms with Gasteiger partial charge < -0.3 is 20.1 Å². The number of urea groups is 1. The van der Waals surface area contributed by atoms with Crippen LogP contribution in [0.5, 0.6) is 0 Å². The molecule has 3 rings (SSSR count). The van der Waals surface area contributed by atoms with E-state index in [4.69, 9.17) is 0 Å². The van der Waals surface area contributed by atoms with Crippen LogP contribution in [0.2, 0.25) is 0 Å². The fraction of sp³-hybridized carbons (Fsp3) is 0.412. The van der Waals surface area contributed by atoms with Crippen LogP contribution in [0.3, 0.4) is 0 Å². The number of amides is 2. The molecule has 0 atom stereocenters. The fourth-order valence-electron chi connectivity index (χ4n) is 2.78. The minimum absolute atomic E-state index is 0.223. The lowest BCUT2D eigenvalue weighted by Gasteiger charge is -2.16. The maximum absolute atomic E-state index is 12.0. The molecule has 1 saturated heterocycles. The molecule has 0 bridgehead atoms. The van der Waals surface area contributed by atoms with Crippen LogP contribution in [0.25, 0.3) is 0 Å². The van der Waals surface area contributed by atoms with E-state index < -0.39 is 0 Å². The van der Waals surface area contributed by atoms with E-state index >= 15 is 0 Å². The lowest BCUT2D eigenvalue weighted by molar-refractivity contribution is 0.251. The van der Waals surface area contributed by atoms with E-state index in [1.807, 2.05) is 38.2 Å². The van der Waals surface area contributed by atoms with Gasteiger partial charge in [-0.2, -0.15) is 0 Å². The molecule has 0 aromatic carbocycles. The summed E-state index contributed by atoms with van der Waals surface area (Å²) in [4.78, 5) is 18.7. The van der Waals surface area contributed by atoms with Gasteiger partial charge in [-0.15, -0.1) is 0 Å². The van der Waals surface area contributed by atoms with Gasteiger partial charge in [-0.05, 0) is 44.0 Å². The molecule has 122 valence electrons. The topological polar surface area (TPSA) is 62.2 Å². The molecule has 3 heterocycles. The SMILES string of the molecule is Cc1ccc(CNC(=O)Nc2ccc(N3CCCC3)nc2)n1C. The monoisotopic (exact) mass is 313 g/mol. The molecule has 0 aliphatic carbocycles. The van der Waals surface area contributed by atoms with Gasteiger partial charge in [0.2, 0.25) is 0 Å². The first-order valence-corrected chi connectivity index (χ1v) is 8.00. The van der Waals surface area contributed by atoms with Crippen molar-refractivity contribution < 1.29 is 4.79 Å². The zero-order valence-electron chi connectivity index (χ0n) is 13.7. The number of aryl methyl sites for hydroxylation is 1. The summed E-state index contributed by atoms with van der Waals surface area (Å²) in [6.45, 7) is 4.67. The van der Waals surface area contributed by atoms with Crippen LogP contribution in [-0.2, 0) is 13.6 Å². The summed E-state index contributed by atoms with van der Waals surface area (Å²) < 4.78 is 2.06. The predicted octanol–water partition coefficient (Wildman–Crippen LogP) is 2.65. The number of carbonyl (C=O) groups is 1. The fourth-order valence-corrected chi connectivity index (χ4v) is 2.78. The number of pyridine rings is 1. The molecular formula is C17H23N5O. The number of hydrogen-bond acceptors (Lipinski definition) is 3. The average Bonchev–Trinajstić information content (AvgIpc) is 3.18. The number of hydrogen-bond donors (Lipinski definition) is 2. The molecule has 6 nitrogen and oxygen atoms in total. The molecule has 1 aliphatic heterocycles. The van der Waals surface area contributed by atoms with Crippen molar-refractivity contribution >= 4 is 17.5 Å². The Balaban J connectivity index is 1.52. The number of carbonyl (C=O) groups excluding carboxylic acids is 1. The molecule has 1 fully saturated rings. The summed E-state index contributed by atoms with van der Waals surface area (Å²) in [6, 6.07) is 7.69. The average molecular weight is 313 g/mol. The smallest absolute Gasteiger partial charge is 0.319 e. The normalized spacial score (nSPS) is 14.1. The molecule has 2 N–H and O–H groups in total. The Bertz CT molecular complexity index is 671. The highest BCUT2D eigenvalue weighted by atomic mass is 16.2. The number of aromatic nitrogens is 2. The second kappa shape index (κ2) is 6.73. The highest BCUT2D eigenvalue weighted by Gasteiger charge is 2.13. The minimum Gasteiger partial charge on any atom is -0.357 e. The molecule has 2 aromatic rings. The summed E-state index contributed by atoms with van der Waals surface area (Å²) in [7, 11) is 1.99. The van der Waals surface area contributed by atoms with Crippen LogP contribution in [-0.4, -0.2) is 28.7 Å². The van der Waals surface area contributed by atoms with Crippen LogP contribution in [0.1, 0.15) is 24.2 Å². The molecular weight excluding hydrogens is 290 g/mol. The van der Waals surface area contributed by atoms with Crippen LogP contribution in [0, 0.1) is 6.92 Å². The van der Waals surface area contributed by atoms with Gasteiger partial charge in [0.25, 0.3) is 0 Å². The molecule has 0 saturated carbocycles. The Labute approximate surface area is 136 Å². The Morgan fingerprint density at radius 2 is 2.00 bits per heavy atom. The number of anilines is 2. The van der Waals surface area contributed by atoms with E-state index in [1.54, 1.807) is 6.20 Å². The first kappa shape index (κ1) is 15.4. The first-order valence-electron chi connectivity index (χ1n) is 8.00. The lowest BCUT2D eigenvalue weighted by atomic mass is 10.4. The van der Waals surface area contributed by atoms with Crippen LogP contribution < -0.4 is 15.5 Å². The van der Waals surface area contributed by atoms with E-state index in [2.05, 4.69) is 25.1 Å². The van der Waals surface area contributed by atoms with Crippen molar-refractivity contribution in [2.45, 2.75) is 26.3 Å². The molecule has 0 radical (unpaired) electrons. The van der Waals surface area contributed by atoms with Crippen molar-refractivity contribution in [3.05, 3.63) is 41.9 Å². The highest BCUT2D eigenvalue weighted by molar-refractivity contribution is 5.89. The van der Waals surface area contributed by atoms with Gasteiger partial charge in [0.15, 0.2) is 0 Å². The molecule has 6 heteroatoms. The van der Waals surface area contributed by atoms with Crippen molar-refractivity contribution in [1.82, 2.24) is 14.9 Å². The summed E-state index contributed by atoms with van der Waals surface area (Å²) >= 11 is 0. The lowest BCUT2D eigenvalue weighted by Crippen LogP contribution is -2.29. The van der Waals surface area contributed by atoms with Gasteiger partial charge >= 0.3 is 6.03 Å². The van der Waals surface area contributed by atoms with E-state index in [-0.39, 0.29) is 6.03 Å². The maximum atomic E-state index is 12.0. The Hall–Kier alpha value is -2.50. The van der Waals surface area contributed by atoms with Crippen LogP contribution in [0.4, 0.5) is 16.3 Å². The van der Waals surface area contributed by atoms with Gasteiger partial charge in [0.1, 0.15) is 5.82 Å². The Morgan fingerprint density at radius 3 is 2.61 bits per heavy atom. The molecule has 1 aliphatic rings. The standard InChI is InChI=1S/C17H23N5O/c1-13-5-7-15(21(13)2)12-19-17(23)20-14-6-8-16(18-11-14)22-9-3-4-10-22/h5-8,11H,3-4,9-10,12H2,1-2H3,(H2,19,20,23). The van der Waals surface area contributed by atoms with Crippen molar-refractivity contribution in [1.29, 1.82) is 0 Å². The minimum atomic E-state index is -0.223. The third-order valence-electron chi connectivity index (χ3n) is 4.34. The van der Waals surface area contributed by atoms with Gasteiger partial charge in [-0.1, -0.05) is 0 Å². The molecule has 2 amide bonds. The third kappa shape index (κ3) is 3.64. The van der Waals surface area contributed by atoms with Crippen LogP contribution >= 0.6 is 0 Å². The molecule has 0 spiro atoms. The predicted molar refractivity (Wildman–Crippen MR) is 91.7 cm³/mol. The Morgan fingerprint density at radius 1 is 1.22 bits per heavy atom. The van der Waals surface area contributed by atoms with Crippen molar-refractivity contribution in [3.8, 4) is 0 Å². The van der Waals surface area contributed by atoms with Crippen LogP contribution in [0.15, 0.2) is 30.5 Å². The van der Waals surface area contributed by atoms with Gasteiger partial charge in [-0.25, -0.2) is 9.78 Å². The third-order valence-corrected chi connectivity index (χ3v) is 4.34.